The number of unbranched alkanes of at least 4 members (excludes halogenated alkanes) is 23. The minimum absolute atomic E-state index is 0.228. The number of hydrogen-bond donors (Lipinski definition) is 8. The predicted molar refractivity (Wildman–Crippen MR) is 247 cm³/mol. The van der Waals surface area contributed by atoms with Crippen molar-refractivity contribution in [3.05, 3.63) is 36.5 Å². The van der Waals surface area contributed by atoms with Crippen LogP contribution in [0.5, 0.6) is 0 Å². The van der Waals surface area contributed by atoms with Crippen LogP contribution in [0.15, 0.2) is 36.5 Å². The molecule has 1 aliphatic heterocycles. The first-order valence-corrected chi connectivity index (χ1v) is 24.9. The largest absolute Gasteiger partial charge is 0.394 e. The summed E-state index contributed by atoms with van der Waals surface area (Å²) in [6.45, 7) is 3.35. The first-order valence-electron chi connectivity index (χ1n) is 24.9. The standard InChI is InChI=1S/C50H93NO10/c1-3-5-7-9-11-13-14-15-16-17-18-19-20-21-22-23-24-25-26-27-28-30-31-33-35-37-42(53)45(55)41(40-60-50-48(58)47(57)46(56)44(39-52)61-50)51-49(59)43(54)38-36-34-32-29-12-10-8-6-4-2/h10,12,25-26,30-31,41-48,50,52-58H,3-9,11,13-24,27-29,32-40H2,1-2H3,(H,51,59)/b12-10-,26-25+,31-30+. The zero-order valence-corrected chi connectivity index (χ0v) is 38.6. The molecule has 1 saturated heterocycles. The Kier molecular flexibility index (Phi) is 37.5. The van der Waals surface area contributed by atoms with Gasteiger partial charge in [0.15, 0.2) is 6.29 Å². The third-order valence-electron chi connectivity index (χ3n) is 11.9. The number of aliphatic hydroxyl groups is 7. The molecule has 0 aromatic heterocycles. The van der Waals surface area contributed by atoms with Gasteiger partial charge in [0, 0.05) is 0 Å². The topological polar surface area (TPSA) is 189 Å². The van der Waals surface area contributed by atoms with E-state index in [1.165, 1.54) is 109 Å². The molecule has 9 atom stereocenters. The lowest BCUT2D eigenvalue weighted by molar-refractivity contribution is -0.303. The van der Waals surface area contributed by atoms with E-state index in [4.69, 9.17) is 9.47 Å². The Labute approximate surface area is 371 Å². The van der Waals surface area contributed by atoms with Crippen molar-refractivity contribution in [1.82, 2.24) is 5.32 Å². The van der Waals surface area contributed by atoms with Crippen LogP contribution in [0.4, 0.5) is 0 Å². The lowest BCUT2D eigenvalue weighted by Gasteiger charge is -2.40. The van der Waals surface area contributed by atoms with Crippen LogP contribution >= 0.6 is 0 Å². The summed E-state index contributed by atoms with van der Waals surface area (Å²) in [4.78, 5) is 13.0. The maximum Gasteiger partial charge on any atom is 0.249 e. The van der Waals surface area contributed by atoms with E-state index in [0.29, 0.717) is 19.3 Å². The fourth-order valence-electron chi connectivity index (χ4n) is 7.73. The summed E-state index contributed by atoms with van der Waals surface area (Å²) in [6.07, 6.45) is 35.2. The van der Waals surface area contributed by atoms with Crippen LogP contribution in [0.1, 0.15) is 206 Å². The van der Waals surface area contributed by atoms with Gasteiger partial charge in [-0.15, -0.1) is 0 Å². The molecule has 0 radical (unpaired) electrons. The summed E-state index contributed by atoms with van der Waals surface area (Å²) in [6, 6.07) is -1.20. The Morgan fingerprint density at radius 3 is 1.51 bits per heavy atom. The summed E-state index contributed by atoms with van der Waals surface area (Å²) in [5.74, 6) is -0.727. The number of carbonyl (C=O) groups is 1. The monoisotopic (exact) mass is 868 g/mol. The van der Waals surface area contributed by atoms with Gasteiger partial charge < -0.3 is 50.5 Å². The number of allylic oxidation sites excluding steroid dienone is 6. The lowest BCUT2D eigenvalue weighted by Crippen LogP contribution is -2.60. The molecule has 0 aromatic rings. The molecule has 0 aromatic carbocycles. The summed E-state index contributed by atoms with van der Waals surface area (Å²) >= 11 is 0. The number of nitrogens with one attached hydrogen (secondary N) is 1. The molecule has 11 heteroatoms. The van der Waals surface area contributed by atoms with E-state index in [-0.39, 0.29) is 12.8 Å². The van der Waals surface area contributed by atoms with Crippen LogP contribution in [0.25, 0.3) is 0 Å². The SMILES string of the molecule is CCCC/C=C\CCCCCC(O)C(=O)NC(COC1OC(CO)C(O)C(O)C1O)C(O)C(O)CCC/C=C/CC/C=C/CCCCCCCCCCCCCCCCCC. The molecule has 0 aliphatic carbocycles. The number of aliphatic hydroxyl groups excluding tert-OH is 7. The van der Waals surface area contributed by atoms with Crippen molar-refractivity contribution < 1.29 is 50.0 Å². The third kappa shape index (κ3) is 29.4. The van der Waals surface area contributed by atoms with Gasteiger partial charge >= 0.3 is 0 Å². The second kappa shape index (κ2) is 39.9. The van der Waals surface area contributed by atoms with Crippen LogP contribution in [0, 0.1) is 0 Å². The summed E-state index contributed by atoms with van der Waals surface area (Å²) < 4.78 is 11.1. The van der Waals surface area contributed by atoms with E-state index in [0.717, 1.165) is 51.4 Å². The van der Waals surface area contributed by atoms with Crippen molar-refractivity contribution >= 4 is 5.91 Å². The van der Waals surface area contributed by atoms with E-state index in [1.54, 1.807) is 0 Å². The molecule has 1 aliphatic rings. The predicted octanol–water partition coefficient (Wildman–Crippen LogP) is 8.78. The molecule has 61 heavy (non-hydrogen) atoms. The second-order valence-electron chi connectivity index (χ2n) is 17.5. The Morgan fingerprint density at radius 1 is 0.557 bits per heavy atom. The molecule has 1 amide bonds. The molecule has 1 rings (SSSR count). The average Bonchev–Trinajstić information content (AvgIpc) is 3.26. The first kappa shape index (κ1) is 57.3. The van der Waals surface area contributed by atoms with Crippen molar-refractivity contribution in [2.45, 2.75) is 262 Å². The van der Waals surface area contributed by atoms with E-state index in [1.807, 2.05) is 0 Å². The minimum Gasteiger partial charge on any atom is -0.394 e. The van der Waals surface area contributed by atoms with E-state index < -0.39 is 74.2 Å². The summed E-state index contributed by atoms with van der Waals surface area (Å²) in [7, 11) is 0. The van der Waals surface area contributed by atoms with Crippen LogP contribution in [-0.4, -0.2) is 110 Å². The van der Waals surface area contributed by atoms with Crippen molar-refractivity contribution in [3.63, 3.8) is 0 Å². The molecule has 0 spiro atoms. The number of hydrogen-bond acceptors (Lipinski definition) is 10. The van der Waals surface area contributed by atoms with Crippen molar-refractivity contribution in [1.29, 1.82) is 0 Å². The molecule has 358 valence electrons. The highest BCUT2D eigenvalue weighted by atomic mass is 16.7. The van der Waals surface area contributed by atoms with Gasteiger partial charge in [-0.25, -0.2) is 0 Å². The van der Waals surface area contributed by atoms with Crippen LogP contribution in [-0.2, 0) is 14.3 Å². The molecule has 8 N–H and O–H groups in total. The van der Waals surface area contributed by atoms with Crippen molar-refractivity contribution in [2.75, 3.05) is 13.2 Å². The van der Waals surface area contributed by atoms with Gasteiger partial charge in [-0.3, -0.25) is 4.79 Å². The van der Waals surface area contributed by atoms with Crippen LogP contribution in [0.2, 0.25) is 0 Å². The van der Waals surface area contributed by atoms with Crippen LogP contribution < -0.4 is 5.32 Å². The Morgan fingerprint density at radius 2 is 1.00 bits per heavy atom. The number of amides is 1. The number of ether oxygens (including phenoxy) is 2. The Bertz CT molecular complexity index is 1090. The molecule has 1 fully saturated rings. The Balaban J connectivity index is 2.36. The molecular formula is C50H93NO10. The normalized spacial score (nSPS) is 21.8. The number of rotatable bonds is 41. The van der Waals surface area contributed by atoms with Gasteiger partial charge in [0.1, 0.15) is 36.6 Å². The second-order valence-corrected chi connectivity index (χ2v) is 17.5. The maximum atomic E-state index is 13.0. The van der Waals surface area contributed by atoms with Gasteiger partial charge in [-0.1, -0.05) is 172 Å². The zero-order valence-electron chi connectivity index (χ0n) is 38.6. The maximum absolute atomic E-state index is 13.0. The highest BCUT2D eigenvalue weighted by Crippen LogP contribution is 2.23. The van der Waals surface area contributed by atoms with Crippen LogP contribution in [0.3, 0.4) is 0 Å². The van der Waals surface area contributed by atoms with E-state index in [2.05, 4.69) is 55.6 Å². The number of carbonyl (C=O) groups excluding carboxylic acids is 1. The van der Waals surface area contributed by atoms with Crippen molar-refractivity contribution in [2.24, 2.45) is 0 Å². The van der Waals surface area contributed by atoms with Gasteiger partial charge in [-0.2, -0.15) is 0 Å². The highest BCUT2D eigenvalue weighted by Gasteiger charge is 2.44. The summed E-state index contributed by atoms with van der Waals surface area (Å²) in [5.41, 5.74) is 0. The first-order chi connectivity index (χ1) is 29.7. The molecule has 9 unspecified atom stereocenters. The quantitative estimate of drug-likeness (QED) is 0.0218. The van der Waals surface area contributed by atoms with Gasteiger partial charge in [0.25, 0.3) is 0 Å². The Hall–Kier alpha value is -1.67. The zero-order chi connectivity index (χ0) is 44.8. The third-order valence-corrected chi connectivity index (χ3v) is 11.9. The minimum atomic E-state index is -1.67. The lowest BCUT2D eigenvalue weighted by atomic mass is 9.98. The summed E-state index contributed by atoms with van der Waals surface area (Å²) in [5, 5.41) is 75.5. The molecule has 0 saturated carbocycles. The molecular weight excluding hydrogens is 775 g/mol. The fourth-order valence-corrected chi connectivity index (χ4v) is 7.73. The van der Waals surface area contributed by atoms with Gasteiger partial charge in [0.2, 0.25) is 5.91 Å². The van der Waals surface area contributed by atoms with Crippen molar-refractivity contribution in [3.8, 4) is 0 Å². The fraction of sp³-hybridized carbons (Fsp3) is 0.860. The molecule has 1 heterocycles. The van der Waals surface area contributed by atoms with E-state index >= 15 is 0 Å². The smallest absolute Gasteiger partial charge is 0.249 e. The van der Waals surface area contributed by atoms with E-state index in [9.17, 15) is 40.5 Å². The average molecular weight is 868 g/mol. The molecule has 0 bridgehead atoms. The van der Waals surface area contributed by atoms with Gasteiger partial charge in [0.05, 0.1) is 25.4 Å². The highest BCUT2D eigenvalue weighted by molar-refractivity contribution is 5.80. The molecule has 11 nitrogen and oxygen atoms in total. The van der Waals surface area contributed by atoms with Gasteiger partial charge in [-0.05, 0) is 70.6 Å².